The number of carbonyl (C=O) groups excluding carboxylic acids is 1. The van der Waals surface area contributed by atoms with Crippen molar-refractivity contribution >= 4 is 38.7 Å². The van der Waals surface area contributed by atoms with Crippen molar-refractivity contribution in [2.45, 2.75) is 18.9 Å². The van der Waals surface area contributed by atoms with Crippen LogP contribution in [0.1, 0.15) is 34.9 Å². The van der Waals surface area contributed by atoms with Gasteiger partial charge in [0.1, 0.15) is 11.2 Å². The highest BCUT2D eigenvalue weighted by molar-refractivity contribution is 9.10. The smallest absolute Gasteiger partial charge is 0.272 e. The molecule has 2 aromatic heterocycles. The summed E-state index contributed by atoms with van der Waals surface area (Å²) in [5.41, 5.74) is 8.62. The lowest BCUT2D eigenvalue weighted by atomic mass is 10.0. The molecule has 3 aromatic rings. The van der Waals surface area contributed by atoms with Crippen LogP contribution in [0.4, 0.5) is 5.82 Å². The zero-order chi connectivity index (χ0) is 16.7. The third kappa shape index (κ3) is 2.54. The van der Waals surface area contributed by atoms with E-state index in [0.29, 0.717) is 17.0 Å². The van der Waals surface area contributed by atoms with Gasteiger partial charge < -0.3 is 10.6 Å². The highest BCUT2D eigenvalue weighted by atomic mass is 79.9. The number of carbonyl (C=O) groups is 1. The van der Waals surface area contributed by atoms with Crippen LogP contribution in [-0.4, -0.2) is 32.5 Å². The fourth-order valence-electron chi connectivity index (χ4n) is 3.23. The Morgan fingerprint density at radius 1 is 1.25 bits per heavy atom. The summed E-state index contributed by atoms with van der Waals surface area (Å²) in [7, 11) is 0. The van der Waals surface area contributed by atoms with E-state index in [1.165, 1.54) is 0 Å². The van der Waals surface area contributed by atoms with Gasteiger partial charge in [0.25, 0.3) is 5.91 Å². The molecule has 1 saturated heterocycles. The van der Waals surface area contributed by atoms with Crippen molar-refractivity contribution in [3.8, 4) is 0 Å². The highest BCUT2D eigenvalue weighted by Crippen LogP contribution is 2.33. The molecule has 0 radical (unpaired) electrons. The van der Waals surface area contributed by atoms with Gasteiger partial charge in [0.15, 0.2) is 5.82 Å². The molecule has 7 heteroatoms. The molecule has 4 rings (SSSR count). The number of fused-ring (bicyclic) bond motifs is 1. The van der Waals surface area contributed by atoms with Gasteiger partial charge in [-0.3, -0.25) is 9.89 Å². The van der Waals surface area contributed by atoms with Crippen molar-refractivity contribution < 1.29 is 4.79 Å². The van der Waals surface area contributed by atoms with Crippen molar-refractivity contribution in [2.75, 3.05) is 12.3 Å². The zero-order valence-electron chi connectivity index (χ0n) is 12.9. The number of pyridine rings is 1. The first-order chi connectivity index (χ1) is 11.6. The number of nitrogen functional groups attached to an aromatic ring is 1. The van der Waals surface area contributed by atoms with Crippen LogP contribution in [0.2, 0.25) is 0 Å². The first-order valence-electron chi connectivity index (χ1n) is 7.80. The Hall–Kier alpha value is -2.41. The minimum atomic E-state index is -0.0667. The van der Waals surface area contributed by atoms with Crippen molar-refractivity contribution in [3.63, 3.8) is 0 Å². The first kappa shape index (κ1) is 15.1. The third-order valence-electron chi connectivity index (χ3n) is 4.42. The number of likely N-dealkylation sites (tertiary alicyclic amines) is 1. The van der Waals surface area contributed by atoms with Gasteiger partial charge in [-0.15, -0.1) is 0 Å². The maximum absolute atomic E-state index is 13.0. The van der Waals surface area contributed by atoms with E-state index in [1.807, 2.05) is 17.0 Å². The second kappa shape index (κ2) is 5.90. The van der Waals surface area contributed by atoms with Crippen molar-refractivity contribution in [2.24, 2.45) is 0 Å². The molecular formula is C17H16BrN5O. The number of rotatable bonds is 2. The molecule has 0 spiro atoms. The molecule has 122 valence electrons. The average Bonchev–Trinajstić information content (AvgIpc) is 3.22. The molecular weight excluding hydrogens is 370 g/mol. The number of nitrogens with zero attached hydrogens (tertiary/aromatic N) is 3. The highest BCUT2D eigenvalue weighted by Gasteiger charge is 2.31. The van der Waals surface area contributed by atoms with Gasteiger partial charge in [-0.2, -0.15) is 5.10 Å². The number of benzene rings is 1. The molecule has 0 bridgehead atoms. The predicted molar refractivity (Wildman–Crippen MR) is 95.5 cm³/mol. The van der Waals surface area contributed by atoms with Crippen LogP contribution in [0.15, 0.2) is 40.9 Å². The molecule has 1 aromatic carbocycles. The van der Waals surface area contributed by atoms with Gasteiger partial charge in [-0.1, -0.05) is 28.1 Å². The Labute approximate surface area is 147 Å². The zero-order valence-corrected chi connectivity index (χ0v) is 14.5. The lowest BCUT2D eigenvalue weighted by Crippen LogP contribution is -2.31. The maximum atomic E-state index is 13.0. The SMILES string of the molecule is Nc1n[nH]c2ccc(C(=O)N3CCC[C@H]3c3ccc(Br)cc3)nc12. The maximum Gasteiger partial charge on any atom is 0.272 e. The van der Waals surface area contributed by atoms with Gasteiger partial charge in [0.05, 0.1) is 11.6 Å². The van der Waals surface area contributed by atoms with Gasteiger partial charge in [0, 0.05) is 11.0 Å². The van der Waals surface area contributed by atoms with Crippen LogP contribution in [-0.2, 0) is 0 Å². The van der Waals surface area contributed by atoms with E-state index in [1.54, 1.807) is 12.1 Å². The van der Waals surface area contributed by atoms with Crippen molar-refractivity contribution in [3.05, 3.63) is 52.1 Å². The van der Waals surface area contributed by atoms with Crippen LogP contribution in [0, 0.1) is 0 Å². The lowest BCUT2D eigenvalue weighted by molar-refractivity contribution is 0.0730. The van der Waals surface area contributed by atoms with Crippen LogP contribution in [0.5, 0.6) is 0 Å². The normalized spacial score (nSPS) is 17.5. The molecule has 0 saturated carbocycles. The fourth-order valence-corrected chi connectivity index (χ4v) is 3.49. The number of anilines is 1. The van der Waals surface area contributed by atoms with E-state index in [2.05, 4.69) is 43.2 Å². The van der Waals surface area contributed by atoms with Gasteiger partial charge in [0.2, 0.25) is 0 Å². The fraction of sp³-hybridized carbons (Fsp3) is 0.235. The van der Waals surface area contributed by atoms with E-state index in [0.717, 1.165) is 34.9 Å². The second-order valence-corrected chi connectivity index (χ2v) is 6.83. The predicted octanol–water partition coefficient (Wildman–Crippen LogP) is 3.28. The molecule has 1 aliphatic rings. The minimum absolute atomic E-state index is 0.0667. The molecule has 1 aliphatic heterocycles. The molecule has 0 unspecified atom stereocenters. The summed E-state index contributed by atoms with van der Waals surface area (Å²) in [5.74, 6) is 0.244. The number of nitrogens with two attached hydrogens (primary N) is 1. The molecule has 3 heterocycles. The number of hydrogen-bond donors (Lipinski definition) is 2. The summed E-state index contributed by atoms with van der Waals surface area (Å²) in [4.78, 5) is 19.3. The molecule has 0 aliphatic carbocycles. The van der Waals surface area contributed by atoms with Crippen molar-refractivity contribution in [1.82, 2.24) is 20.1 Å². The van der Waals surface area contributed by atoms with Crippen LogP contribution in [0.3, 0.4) is 0 Å². The monoisotopic (exact) mass is 385 g/mol. The molecule has 1 amide bonds. The number of amides is 1. The summed E-state index contributed by atoms with van der Waals surface area (Å²) < 4.78 is 1.03. The molecule has 3 N–H and O–H groups in total. The van der Waals surface area contributed by atoms with Gasteiger partial charge >= 0.3 is 0 Å². The summed E-state index contributed by atoms with van der Waals surface area (Å²) >= 11 is 3.45. The van der Waals surface area contributed by atoms with E-state index in [-0.39, 0.29) is 11.9 Å². The van der Waals surface area contributed by atoms with E-state index in [9.17, 15) is 4.79 Å². The standard InChI is InChI=1S/C17H16BrN5O/c18-11-5-3-10(4-6-11)14-2-1-9-23(14)17(24)13-8-7-12-15(20-13)16(19)22-21-12/h3-8,14H,1-2,9H2,(H3,19,21,22)/t14-/m0/s1. The topological polar surface area (TPSA) is 87.9 Å². The third-order valence-corrected chi connectivity index (χ3v) is 4.95. The van der Waals surface area contributed by atoms with Crippen LogP contribution < -0.4 is 5.73 Å². The number of aromatic amines is 1. The molecule has 1 fully saturated rings. The summed E-state index contributed by atoms with van der Waals surface area (Å²) in [6.07, 6.45) is 1.95. The number of hydrogen-bond acceptors (Lipinski definition) is 4. The summed E-state index contributed by atoms with van der Waals surface area (Å²) in [6, 6.07) is 11.7. The molecule has 24 heavy (non-hydrogen) atoms. The van der Waals surface area contributed by atoms with Crippen LogP contribution in [0.25, 0.3) is 11.0 Å². The summed E-state index contributed by atoms with van der Waals surface area (Å²) in [5, 5.41) is 6.72. The van der Waals surface area contributed by atoms with Gasteiger partial charge in [-0.05, 0) is 42.7 Å². The lowest BCUT2D eigenvalue weighted by Gasteiger charge is -2.25. The Morgan fingerprint density at radius 2 is 2.04 bits per heavy atom. The van der Waals surface area contributed by atoms with E-state index < -0.39 is 0 Å². The number of nitrogens with one attached hydrogen (secondary N) is 1. The Morgan fingerprint density at radius 3 is 2.83 bits per heavy atom. The molecule has 1 atom stereocenters. The quantitative estimate of drug-likeness (QED) is 0.708. The van der Waals surface area contributed by atoms with Crippen LogP contribution >= 0.6 is 15.9 Å². The number of H-pyrrole nitrogens is 1. The average molecular weight is 386 g/mol. The Kier molecular flexibility index (Phi) is 3.72. The van der Waals surface area contributed by atoms with Gasteiger partial charge in [-0.25, -0.2) is 4.98 Å². The van der Waals surface area contributed by atoms with Crippen molar-refractivity contribution in [1.29, 1.82) is 0 Å². The first-order valence-corrected chi connectivity index (χ1v) is 8.60. The summed E-state index contributed by atoms with van der Waals surface area (Å²) in [6.45, 7) is 0.736. The number of aromatic nitrogens is 3. The molecule has 6 nitrogen and oxygen atoms in total. The van der Waals surface area contributed by atoms with E-state index in [4.69, 9.17) is 5.73 Å². The second-order valence-electron chi connectivity index (χ2n) is 5.91. The Balaban J connectivity index is 1.66. The largest absolute Gasteiger partial charge is 0.380 e. The number of halogens is 1. The van der Waals surface area contributed by atoms with E-state index >= 15 is 0 Å². The Bertz CT molecular complexity index is 905. The minimum Gasteiger partial charge on any atom is -0.380 e.